The zero-order chi connectivity index (χ0) is 17.5. The van der Waals surface area contributed by atoms with Gasteiger partial charge in [-0.3, -0.25) is 4.79 Å². The van der Waals surface area contributed by atoms with Crippen LogP contribution >= 0.6 is 12.2 Å². The molecular weight excluding hydrogens is 328 g/mol. The highest BCUT2D eigenvalue weighted by molar-refractivity contribution is 7.80. The van der Waals surface area contributed by atoms with Gasteiger partial charge in [-0.2, -0.15) is 0 Å². The van der Waals surface area contributed by atoms with Gasteiger partial charge in [-0.15, -0.1) is 0 Å². The lowest BCUT2D eigenvalue weighted by molar-refractivity contribution is -0.149. The lowest BCUT2D eigenvalue weighted by Crippen LogP contribution is -2.42. The molecule has 130 valence electrons. The van der Waals surface area contributed by atoms with Crippen LogP contribution in [0.3, 0.4) is 0 Å². The first-order valence-electron chi connectivity index (χ1n) is 7.96. The molecule has 1 aromatic carbocycles. The molecule has 6 nitrogen and oxygen atoms in total. The second-order valence-electron chi connectivity index (χ2n) is 5.48. The SMILES string of the molecule is CCOC(=O)C1CCN(C(=S)Nc2ccccc2C(=O)OC)CC1. The Balaban J connectivity index is 1.95. The lowest BCUT2D eigenvalue weighted by atomic mass is 9.97. The Morgan fingerprint density at radius 2 is 1.96 bits per heavy atom. The average Bonchev–Trinajstić information content (AvgIpc) is 2.62. The van der Waals surface area contributed by atoms with E-state index in [-0.39, 0.29) is 11.9 Å². The smallest absolute Gasteiger partial charge is 0.339 e. The maximum atomic E-state index is 11.8. The number of nitrogens with zero attached hydrogens (tertiary/aromatic N) is 1. The minimum Gasteiger partial charge on any atom is -0.466 e. The Kier molecular flexibility index (Phi) is 6.54. The molecule has 0 bridgehead atoms. The zero-order valence-electron chi connectivity index (χ0n) is 13.9. The normalized spacial score (nSPS) is 14.8. The summed E-state index contributed by atoms with van der Waals surface area (Å²) in [5.74, 6) is -0.611. The lowest BCUT2D eigenvalue weighted by Gasteiger charge is -2.33. The molecular formula is C17H22N2O4S. The van der Waals surface area contributed by atoms with Crippen molar-refractivity contribution in [3.8, 4) is 0 Å². The number of methoxy groups -OCH3 is 1. The number of nitrogens with one attached hydrogen (secondary N) is 1. The number of likely N-dealkylation sites (tertiary alicyclic amines) is 1. The zero-order valence-corrected chi connectivity index (χ0v) is 14.7. The predicted octanol–water partition coefficient (Wildman–Crippen LogP) is 2.45. The van der Waals surface area contributed by atoms with Gasteiger partial charge in [-0.05, 0) is 44.1 Å². The van der Waals surface area contributed by atoms with Crippen molar-refractivity contribution in [1.82, 2.24) is 4.90 Å². The topological polar surface area (TPSA) is 67.9 Å². The Morgan fingerprint density at radius 1 is 1.29 bits per heavy atom. The van der Waals surface area contributed by atoms with E-state index >= 15 is 0 Å². The molecule has 1 saturated heterocycles. The number of ether oxygens (including phenoxy) is 2. The molecule has 0 aromatic heterocycles. The average molecular weight is 350 g/mol. The van der Waals surface area contributed by atoms with Crippen molar-refractivity contribution < 1.29 is 19.1 Å². The molecule has 1 N–H and O–H groups in total. The van der Waals surface area contributed by atoms with Crippen molar-refractivity contribution >= 4 is 35.0 Å². The maximum Gasteiger partial charge on any atom is 0.339 e. The van der Waals surface area contributed by atoms with Crippen LogP contribution in [-0.4, -0.2) is 48.8 Å². The van der Waals surface area contributed by atoms with E-state index < -0.39 is 5.97 Å². The molecule has 0 radical (unpaired) electrons. The predicted molar refractivity (Wildman–Crippen MR) is 94.9 cm³/mol. The summed E-state index contributed by atoms with van der Waals surface area (Å²) in [6, 6.07) is 7.06. The van der Waals surface area contributed by atoms with E-state index in [1.165, 1.54) is 7.11 Å². The van der Waals surface area contributed by atoms with Crippen LogP contribution < -0.4 is 5.32 Å². The molecule has 1 aliphatic rings. The van der Waals surface area contributed by atoms with Crippen molar-refractivity contribution in [2.45, 2.75) is 19.8 Å². The van der Waals surface area contributed by atoms with Crippen molar-refractivity contribution in [3.63, 3.8) is 0 Å². The Hall–Kier alpha value is -2.15. The summed E-state index contributed by atoms with van der Waals surface area (Å²) >= 11 is 5.44. The number of carbonyl (C=O) groups excluding carboxylic acids is 2. The molecule has 0 saturated carbocycles. The summed E-state index contributed by atoms with van der Waals surface area (Å²) in [6.45, 7) is 3.57. The fraction of sp³-hybridized carbons (Fsp3) is 0.471. The second-order valence-corrected chi connectivity index (χ2v) is 5.87. The summed E-state index contributed by atoms with van der Waals surface area (Å²) < 4.78 is 9.85. The van der Waals surface area contributed by atoms with Crippen molar-refractivity contribution in [2.75, 3.05) is 32.1 Å². The third-order valence-electron chi connectivity index (χ3n) is 3.98. The molecule has 1 fully saturated rings. The quantitative estimate of drug-likeness (QED) is 0.661. The Bertz CT molecular complexity index is 612. The van der Waals surface area contributed by atoms with Gasteiger partial charge in [0.2, 0.25) is 0 Å². The Morgan fingerprint density at radius 3 is 2.58 bits per heavy atom. The van der Waals surface area contributed by atoms with E-state index in [4.69, 9.17) is 21.7 Å². The van der Waals surface area contributed by atoms with Crippen LogP contribution in [-0.2, 0) is 14.3 Å². The van der Waals surface area contributed by atoms with Gasteiger partial charge in [0, 0.05) is 13.1 Å². The van der Waals surface area contributed by atoms with Gasteiger partial charge in [-0.25, -0.2) is 4.79 Å². The molecule has 1 aliphatic heterocycles. The van der Waals surface area contributed by atoms with Crippen LogP contribution in [0.1, 0.15) is 30.1 Å². The van der Waals surface area contributed by atoms with Crippen LogP contribution in [0.2, 0.25) is 0 Å². The number of piperidine rings is 1. The standard InChI is InChI=1S/C17H22N2O4S/c1-3-23-15(20)12-8-10-19(11-9-12)17(24)18-14-7-5-4-6-13(14)16(21)22-2/h4-7,12H,3,8-11H2,1-2H3,(H,18,24). The number of benzene rings is 1. The third kappa shape index (κ3) is 4.44. The molecule has 0 unspecified atom stereocenters. The number of thiocarbonyl (C=S) groups is 1. The molecule has 0 amide bonds. The van der Waals surface area contributed by atoms with Gasteiger partial charge in [0.1, 0.15) is 0 Å². The minimum absolute atomic E-state index is 0.0636. The first kappa shape index (κ1) is 18.2. The van der Waals surface area contributed by atoms with Crippen LogP contribution in [0, 0.1) is 5.92 Å². The fourth-order valence-corrected chi connectivity index (χ4v) is 2.95. The first-order chi connectivity index (χ1) is 11.6. The maximum absolute atomic E-state index is 11.8. The number of esters is 2. The van der Waals surface area contributed by atoms with Gasteiger partial charge in [-0.1, -0.05) is 12.1 Å². The molecule has 0 atom stereocenters. The van der Waals surface area contributed by atoms with Crippen LogP contribution in [0.4, 0.5) is 5.69 Å². The first-order valence-corrected chi connectivity index (χ1v) is 8.37. The van der Waals surface area contributed by atoms with Crippen molar-refractivity contribution in [1.29, 1.82) is 0 Å². The van der Waals surface area contributed by atoms with E-state index in [1.807, 2.05) is 17.9 Å². The van der Waals surface area contributed by atoms with Crippen LogP contribution in [0.15, 0.2) is 24.3 Å². The van der Waals surface area contributed by atoms with Gasteiger partial charge in [0.25, 0.3) is 0 Å². The fourth-order valence-electron chi connectivity index (χ4n) is 2.65. The highest BCUT2D eigenvalue weighted by Crippen LogP contribution is 2.21. The number of rotatable bonds is 4. The Labute approximate surface area is 147 Å². The monoisotopic (exact) mass is 350 g/mol. The third-order valence-corrected chi connectivity index (χ3v) is 4.34. The van der Waals surface area contributed by atoms with Gasteiger partial charge >= 0.3 is 11.9 Å². The molecule has 7 heteroatoms. The highest BCUT2D eigenvalue weighted by Gasteiger charge is 2.27. The van der Waals surface area contributed by atoms with Gasteiger partial charge in [0.05, 0.1) is 30.9 Å². The largest absolute Gasteiger partial charge is 0.466 e. The molecule has 0 aliphatic carbocycles. The van der Waals surface area contributed by atoms with Gasteiger partial charge < -0.3 is 19.7 Å². The molecule has 0 spiro atoms. The van der Waals surface area contributed by atoms with E-state index in [0.29, 0.717) is 48.9 Å². The number of carbonyl (C=O) groups is 2. The van der Waals surface area contributed by atoms with E-state index in [1.54, 1.807) is 18.2 Å². The van der Waals surface area contributed by atoms with Crippen LogP contribution in [0.25, 0.3) is 0 Å². The number of para-hydroxylation sites is 1. The number of hydrogen-bond donors (Lipinski definition) is 1. The number of anilines is 1. The van der Waals surface area contributed by atoms with Crippen molar-refractivity contribution in [3.05, 3.63) is 29.8 Å². The minimum atomic E-state index is -0.415. The van der Waals surface area contributed by atoms with E-state index in [2.05, 4.69) is 5.32 Å². The second kappa shape index (κ2) is 8.63. The van der Waals surface area contributed by atoms with Gasteiger partial charge in [0.15, 0.2) is 5.11 Å². The van der Waals surface area contributed by atoms with E-state index in [0.717, 1.165) is 0 Å². The number of hydrogen-bond acceptors (Lipinski definition) is 5. The molecule has 2 rings (SSSR count). The summed E-state index contributed by atoms with van der Waals surface area (Å²) in [5.41, 5.74) is 1.05. The molecule has 1 heterocycles. The molecule has 1 aromatic rings. The summed E-state index contributed by atoms with van der Waals surface area (Å²) in [6.07, 6.45) is 1.42. The van der Waals surface area contributed by atoms with E-state index in [9.17, 15) is 9.59 Å². The molecule has 24 heavy (non-hydrogen) atoms. The summed E-state index contributed by atoms with van der Waals surface area (Å²) in [7, 11) is 1.34. The van der Waals surface area contributed by atoms with Crippen molar-refractivity contribution in [2.24, 2.45) is 5.92 Å². The summed E-state index contributed by atoms with van der Waals surface area (Å²) in [4.78, 5) is 25.6. The summed E-state index contributed by atoms with van der Waals surface area (Å²) in [5, 5.41) is 3.64. The van der Waals surface area contributed by atoms with Crippen LogP contribution in [0.5, 0.6) is 0 Å². The highest BCUT2D eigenvalue weighted by atomic mass is 32.1.